The quantitative estimate of drug-likeness (QED) is 0.116. The van der Waals surface area contributed by atoms with E-state index in [1.165, 1.54) is 12.7 Å². The maximum absolute atomic E-state index is 11.9. The van der Waals surface area contributed by atoms with Crippen LogP contribution in [0.4, 0.5) is 0 Å². The van der Waals surface area contributed by atoms with E-state index in [1.807, 2.05) is 24.4 Å². The summed E-state index contributed by atoms with van der Waals surface area (Å²) in [6.07, 6.45) is 7.33. The van der Waals surface area contributed by atoms with Gasteiger partial charge in [-0.1, -0.05) is 24.3 Å². The Hall–Kier alpha value is -4.96. The number of aromatic amines is 1. The van der Waals surface area contributed by atoms with E-state index in [1.54, 1.807) is 12.1 Å². The Labute approximate surface area is 295 Å². The number of hydrogen-bond donors (Lipinski definition) is 6. The van der Waals surface area contributed by atoms with E-state index in [0.717, 1.165) is 49.8 Å². The van der Waals surface area contributed by atoms with Crippen LogP contribution < -0.4 is 14.2 Å². The second-order valence-corrected chi connectivity index (χ2v) is 14.3. The average molecular weight is 688 g/mol. The monoisotopic (exact) mass is 687 g/mol. The zero-order valence-electron chi connectivity index (χ0n) is 28.4. The number of methoxy groups -OCH3 is 1. The zero-order chi connectivity index (χ0) is 35.0. The molecule has 0 saturated carbocycles. The molecule has 2 aliphatic heterocycles. The number of allylic oxidation sites excluding steroid dienone is 1. The van der Waals surface area contributed by atoms with Crippen molar-refractivity contribution in [1.29, 1.82) is 0 Å². The third kappa shape index (κ3) is 5.01. The first-order chi connectivity index (χ1) is 24.9. The Morgan fingerprint density at radius 1 is 0.922 bits per heavy atom. The molecule has 1 aromatic heterocycles. The van der Waals surface area contributed by atoms with Gasteiger partial charge in [0.2, 0.25) is 0 Å². The van der Waals surface area contributed by atoms with Crippen LogP contribution in [0.5, 0.6) is 28.7 Å². The molecule has 9 rings (SSSR count). The molecule has 0 saturated heterocycles. The summed E-state index contributed by atoms with van der Waals surface area (Å²) < 4.78 is 19.0. The van der Waals surface area contributed by atoms with Crippen molar-refractivity contribution in [3.8, 4) is 39.9 Å². The van der Waals surface area contributed by atoms with Crippen LogP contribution in [0.2, 0.25) is 0 Å². The summed E-state index contributed by atoms with van der Waals surface area (Å²) in [5.74, 6) is 1.98. The third-order valence-corrected chi connectivity index (χ3v) is 11.5. The Morgan fingerprint density at radius 2 is 1.80 bits per heavy atom. The fraction of sp³-hybridized carbons (Fsp3) is 0.333. The van der Waals surface area contributed by atoms with Crippen LogP contribution in [0.3, 0.4) is 0 Å². The van der Waals surface area contributed by atoms with Crippen LogP contribution in [0.15, 0.2) is 60.8 Å². The molecule has 5 aromatic rings. The second-order valence-electron chi connectivity index (χ2n) is 14.3. The van der Waals surface area contributed by atoms with Gasteiger partial charge < -0.3 is 44.7 Å². The zero-order valence-corrected chi connectivity index (χ0v) is 28.4. The number of aryl methyl sites for hydroxylation is 1. The van der Waals surface area contributed by atoms with Gasteiger partial charge in [-0.3, -0.25) is 0 Å². The maximum atomic E-state index is 11.9. The van der Waals surface area contributed by atoms with Gasteiger partial charge in [0.1, 0.15) is 29.5 Å². The van der Waals surface area contributed by atoms with Gasteiger partial charge in [-0.15, -0.1) is 0 Å². The van der Waals surface area contributed by atoms with E-state index >= 15 is 0 Å². The van der Waals surface area contributed by atoms with Crippen molar-refractivity contribution >= 4 is 17.0 Å². The fourth-order valence-electron chi connectivity index (χ4n) is 9.03. The van der Waals surface area contributed by atoms with Crippen LogP contribution in [0, 0.1) is 0 Å². The van der Waals surface area contributed by atoms with E-state index in [2.05, 4.69) is 35.3 Å². The summed E-state index contributed by atoms with van der Waals surface area (Å²) in [5.41, 5.74) is 10.3. The number of rotatable bonds is 7. The lowest BCUT2D eigenvalue weighted by molar-refractivity contribution is 0.0180. The van der Waals surface area contributed by atoms with E-state index in [-0.39, 0.29) is 48.4 Å². The summed E-state index contributed by atoms with van der Waals surface area (Å²) in [6, 6.07) is 15.9. The lowest BCUT2D eigenvalue weighted by Crippen LogP contribution is -2.35. The smallest absolute Gasteiger partial charge is 0.161 e. The first-order valence-corrected chi connectivity index (χ1v) is 17.8. The molecule has 4 aliphatic rings. The predicted molar refractivity (Wildman–Crippen MR) is 193 cm³/mol. The molecular formula is C42H41NO8. The van der Waals surface area contributed by atoms with Crippen molar-refractivity contribution < 1.29 is 39.7 Å². The number of aliphatic hydroxyl groups is 3. The van der Waals surface area contributed by atoms with Crippen molar-refractivity contribution in [2.45, 2.75) is 68.7 Å². The molecule has 5 unspecified atom stereocenters. The number of aromatic hydroxyl groups is 2. The largest absolute Gasteiger partial charge is 0.507 e. The molecule has 0 radical (unpaired) electrons. The number of benzene rings is 4. The number of fused-ring (bicyclic) bond motifs is 8. The molecule has 0 spiro atoms. The van der Waals surface area contributed by atoms with Crippen molar-refractivity contribution in [3.05, 3.63) is 105 Å². The van der Waals surface area contributed by atoms with Crippen LogP contribution >= 0.6 is 0 Å². The van der Waals surface area contributed by atoms with Crippen LogP contribution in [-0.2, 0) is 25.7 Å². The van der Waals surface area contributed by atoms with E-state index < -0.39 is 12.2 Å². The van der Waals surface area contributed by atoms with Gasteiger partial charge in [0, 0.05) is 52.9 Å². The number of aromatic nitrogens is 1. The first-order valence-electron chi connectivity index (χ1n) is 17.8. The highest BCUT2D eigenvalue weighted by Gasteiger charge is 2.44. The number of hydrogen-bond acceptors (Lipinski definition) is 8. The first kappa shape index (κ1) is 32.0. The van der Waals surface area contributed by atoms with Gasteiger partial charge in [0.05, 0.1) is 19.8 Å². The normalized spacial score (nSPS) is 22.7. The molecule has 0 fully saturated rings. The number of nitrogens with one attached hydrogen (secondary N) is 1. The molecule has 0 bridgehead atoms. The average Bonchev–Trinajstić information content (AvgIpc) is 3.63. The van der Waals surface area contributed by atoms with Crippen molar-refractivity contribution in [3.63, 3.8) is 0 Å². The molecule has 0 amide bonds. The Morgan fingerprint density at radius 3 is 2.63 bits per heavy atom. The molecule has 51 heavy (non-hydrogen) atoms. The number of phenols is 2. The molecule has 6 N–H and O–H groups in total. The minimum Gasteiger partial charge on any atom is -0.507 e. The van der Waals surface area contributed by atoms with Crippen LogP contribution in [0.1, 0.15) is 75.3 Å². The topological polar surface area (TPSA) is 145 Å². The summed E-state index contributed by atoms with van der Waals surface area (Å²) in [6.45, 7) is -0.128. The molecule has 5 atom stereocenters. The SMILES string of the molecule is COc1cc(C2Oc3c(c4c(c5c3CCC(CO)O5)-c3ccc(O)c5c3C(C4)C(c3ccc4[nH]ccc4c3)C=C5)CC2O)cc(CCCO)c1O. The molecule has 9 heteroatoms. The highest BCUT2D eigenvalue weighted by molar-refractivity contribution is 5.89. The maximum Gasteiger partial charge on any atom is 0.161 e. The summed E-state index contributed by atoms with van der Waals surface area (Å²) >= 11 is 0. The van der Waals surface area contributed by atoms with E-state index in [4.69, 9.17) is 14.2 Å². The Balaban J connectivity index is 1.21. The van der Waals surface area contributed by atoms with Gasteiger partial charge in [-0.25, -0.2) is 0 Å². The van der Waals surface area contributed by atoms with Gasteiger partial charge in [0.15, 0.2) is 11.5 Å². The Kier molecular flexibility index (Phi) is 7.76. The van der Waals surface area contributed by atoms with Gasteiger partial charge in [-0.05, 0) is 113 Å². The molecular weight excluding hydrogens is 646 g/mol. The summed E-state index contributed by atoms with van der Waals surface area (Å²) in [7, 11) is 1.49. The van der Waals surface area contributed by atoms with Crippen molar-refractivity contribution in [2.75, 3.05) is 20.3 Å². The number of H-pyrrole nitrogens is 1. The van der Waals surface area contributed by atoms with E-state index in [9.17, 15) is 25.5 Å². The highest BCUT2D eigenvalue weighted by Crippen LogP contribution is 2.59. The van der Waals surface area contributed by atoms with Crippen LogP contribution in [-0.4, -0.2) is 63.0 Å². The molecule has 9 nitrogen and oxygen atoms in total. The van der Waals surface area contributed by atoms with Gasteiger partial charge in [0.25, 0.3) is 0 Å². The summed E-state index contributed by atoms with van der Waals surface area (Å²) in [4.78, 5) is 3.29. The lowest BCUT2D eigenvalue weighted by atomic mass is 9.65. The minimum atomic E-state index is -0.899. The van der Waals surface area contributed by atoms with Gasteiger partial charge >= 0.3 is 0 Å². The molecule has 2 aliphatic carbocycles. The summed E-state index contributed by atoms with van der Waals surface area (Å²) in [5, 5.41) is 54.7. The highest BCUT2D eigenvalue weighted by atomic mass is 16.5. The number of aliphatic hydroxyl groups excluding tert-OH is 3. The molecule has 262 valence electrons. The van der Waals surface area contributed by atoms with Crippen LogP contribution in [0.25, 0.3) is 28.1 Å². The number of phenolic OH excluding ortho intramolecular Hbond substituents is 2. The lowest BCUT2D eigenvalue weighted by Gasteiger charge is -2.42. The number of ether oxygens (including phenoxy) is 3. The fourth-order valence-corrected chi connectivity index (χ4v) is 9.03. The minimum absolute atomic E-state index is 0.000630. The molecule has 3 heterocycles. The Bertz CT molecular complexity index is 2220. The molecule has 4 aromatic carbocycles. The van der Waals surface area contributed by atoms with Gasteiger partial charge in [-0.2, -0.15) is 0 Å². The predicted octanol–water partition coefficient (Wildman–Crippen LogP) is 6.35. The standard InChI is InChI=1S/C42H41NO8/c1-49-36-17-24(16-23(39(36)48)3-2-14-44)40-35(47)19-32-31-18-30-26(21-4-10-33-22(15-21)12-13-43-33)7-8-27-34(46)11-9-28(37(27)30)38(31)42-29(41(32)51-40)6-5-25(20-45)50-42/h4,7-13,15-17,25-26,30,35,40,43-48H,2-3,5-6,14,18-20H2,1H3. The van der Waals surface area contributed by atoms with E-state index in [0.29, 0.717) is 61.2 Å². The van der Waals surface area contributed by atoms with Crippen molar-refractivity contribution in [1.82, 2.24) is 4.98 Å². The third-order valence-electron chi connectivity index (χ3n) is 11.5. The second kappa shape index (κ2) is 12.4. The van der Waals surface area contributed by atoms with Crippen molar-refractivity contribution in [2.24, 2.45) is 0 Å².